The van der Waals surface area contributed by atoms with E-state index < -0.39 is 0 Å². The second-order valence-electron chi connectivity index (χ2n) is 10.6. The molecule has 0 atom stereocenters. The van der Waals surface area contributed by atoms with Crippen molar-refractivity contribution in [1.82, 2.24) is 0 Å². The van der Waals surface area contributed by atoms with E-state index in [1.807, 2.05) is 0 Å². The van der Waals surface area contributed by atoms with Crippen molar-refractivity contribution in [2.45, 2.75) is 77.0 Å². The Morgan fingerprint density at radius 1 is 0.556 bits per heavy atom. The van der Waals surface area contributed by atoms with E-state index in [-0.39, 0.29) is 41.9 Å². The maximum atomic E-state index is 2.29. The van der Waals surface area contributed by atoms with Crippen molar-refractivity contribution in [1.29, 1.82) is 0 Å². The second kappa shape index (κ2) is 16.8. The molecule has 0 amide bonds. The second-order valence-corrected chi connectivity index (χ2v) is 10.6. The van der Waals surface area contributed by atoms with Crippen LogP contribution in [0.25, 0.3) is 0 Å². The van der Waals surface area contributed by atoms with Crippen molar-refractivity contribution in [2.24, 2.45) is 11.8 Å². The summed E-state index contributed by atoms with van der Waals surface area (Å²) in [6, 6.07) is 0. The summed E-state index contributed by atoms with van der Waals surface area (Å²) in [4.78, 5) is 0. The number of rotatable bonds is 8. The summed E-state index contributed by atoms with van der Waals surface area (Å²) in [6.45, 7) is 2.69. The minimum Gasteiger partial charge on any atom is -1.00 e. The Kier molecular flexibility index (Phi) is 20.3. The van der Waals surface area contributed by atoms with Crippen LogP contribution in [0.5, 0.6) is 0 Å². The Labute approximate surface area is 194 Å². The third-order valence-electron chi connectivity index (χ3n) is 5.83. The zero-order chi connectivity index (χ0) is 18.1. The fraction of sp³-hybridized carbons (Fsp3) is 1.00. The Balaban J connectivity index is -0.000000384. The molecule has 168 valence electrons. The summed E-state index contributed by atoms with van der Waals surface area (Å²) in [5, 5.41) is 0. The van der Waals surface area contributed by atoms with Crippen LogP contribution in [0.3, 0.4) is 0 Å². The minimum absolute atomic E-state index is 0. The van der Waals surface area contributed by atoms with Crippen LogP contribution in [0.15, 0.2) is 0 Å². The van der Waals surface area contributed by atoms with Crippen LogP contribution < -0.4 is 24.8 Å². The van der Waals surface area contributed by atoms with Crippen molar-refractivity contribution in [3.63, 3.8) is 0 Å². The summed E-state index contributed by atoms with van der Waals surface area (Å²) in [6.07, 6.45) is 17.8. The molecule has 27 heavy (non-hydrogen) atoms. The van der Waals surface area contributed by atoms with Gasteiger partial charge in [0.05, 0.1) is 55.4 Å². The first-order valence-corrected chi connectivity index (χ1v) is 10.8. The van der Waals surface area contributed by atoms with Crippen molar-refractivity contribution in [2.75, 3.05) is 55.4 Å². The van der Waals surface area contributed by atoms with Crippen molar-refractivity contribution >= 4 is 0 Å². The summed E-state index contributed by atoms with van der Waals surface area (Å²) in [7, 11) is 13.7. The molecule has 0 unspecified atom stereocenters. The van der Waals surface area contributed by atoms with Crippen LogP contribution in [0, 0.1) is 11.8 Å². The molecule has 0 heterocycles. The van der Waals surface area contributed by atoms with Gasteiger partial charge in [0, 0.05) is 17.1 Å². The molecule has 0 N–H and O–H groups in total. The predicted octanol–water partition coefficient (Wildman–Crippen LogP) is -0.668. The van der Waals surface area contributed by atoms with E-state index in [1.54, 1.807) is 0 Å². The number of hydrogen-bond donors (Lipinski definition) is 0. The Morgan fingerprint density at radius 2 is 0.815 bits per heavy atom. The van der Waals surface area contributed by atoms with E-state index >= 15 is 0 Å². The van der Waals surface area contributed by atoms with Crippen molar-refractivity contribution < 1.29 is 50.8 Å². The molecular formula is C22H48Cl2FeN2. The van der Waals surface area contributed by atoms with Gasteiger partial charge >= 0.3 is 0 Å². The maximum Gasteiger partial charge on any atom is 0.0780 e. The topological polar surface area (TPSA) is 0 Å². The standard InChI is InChI=1S/2C11H24N.2ClH.Fe/c2*1-12(2,3)10-6-9-11-7-4-5-8-11;;;/h2*11H,4-10H2,1-3H3;2*1H;/q2*+1;;;/p-2. The van der Waals surface area contributed by atoms with Gasteiger partial charge < -0.3 is 33.8 Å². The van der Waals surface area contributed by atoms with Crippen LogP contribution in [0.2, 0.25) is 0 Å². The largest absolute Gasteiger partial charge is 1.00 e. The molecule has 5 heteroatoms. The zero-order valence-electron chi connectivity index (χ0n) is 19.1. The van der Waals surface area contributed by atoms with Gasteiger partial charge in [-0.1, -0.05) is 51.4 Å². The van der Waals surface area contributed by atoms with Gasteiger partial charge in [0.15, 0.2) is 0 Å². The molecule has 0 bridgehead atoms. The molecule has 0 aliphatic heterocycles. The van der Waals surface area contributed by atoms with Crippen molar-refractivity contribution in [3.8, 4) is 0 Å². The first-order chi connectivity index (χ1) is 11.2. The van der Waals surface area contributed by atoms with Gasteiger partial charge in [-0.05, 0) is 37.5 Å². The molecule has 0 saturated heterocycles. The van der Waals surface area contributed by atoms with E-state index in [2.05, 4.69) is 42.3 Å². The number of halogens is 2. The van der Waals surface area contributed by atoms with Crippen molar-refractivity contribution in [3.05, 3.63) is 0 Å². The van der Waals surface area contributed by atoms with Crippen LogP contribution in [0.4, 0.5) is 0 Å². The SMILES string of the molecule is C[N+](C)(C)CCCC1CCCC1.C[N+](C)(C)CCCC1CCCC1.[Cl-].[Cl-].[Fe]. The first-order valence-electron chi connectivity index (χ1n) is 10.8. The Morgan fingerprint density at radius 3 is 1.04 bits per heavy atom. The minimum atomic E-state index is 0. The van der Waals surface area contributed by atoms with Gasteiger partial charge in [-0.25, -0.2) is 0 Å². The first kappa shape index (κ1) is 32.7. The molecule has 2 saturated carbocycles. The van der Waals surface area contributed by atoms with E-state index in [9.17, 15) is 0 Å². The fourth-order valence-electron chi connectivity index (χ4n) is 4.31. The molecule has 0 aromatic heterocycles. The number of quaternary nitrogens is 2. The molecule has 0 spiro atoms. The van der Waals surface area contributed by atoms with Gasteiger partial charge in [0.1, 0.15) is 0 Å². The van der Waals surface area contributed by atoms with E-state index in [4.69, 9.17) is 0 Å². The third-order valence-corrected chi connectivity index (χ3v) is 5.83. The summed E-state index contributed by atoms with van der Waals surface area (Å²) < 4.78 is 2.26. The molecule has 2 aliphatic carbocycles. The summed E-state index contributed by atoms with van der Waals surface area (Å²) in [5.74, 6) is 2.16. The quantitative estimate of drug-likeness (QED) is 0.329. The Bertz CT molecular complexity index is 283. The average molecular weight is 467 g/mol. The normalized spacial score (nSPS) is 18.0. The van der Waals surface area contributed by atoms with Gasteiger partial charge in [-0.15, -0.1) is 0 Å². The number of nitrogens with zero attached hydrogens (tertiary/aromatic N) is 2. The molecule has 2 aliphatic rings. The van der Waals surface area contributed by atoms with Crippen LogP contribution in [0.1, 0.15) is 77.0 Å². The smallest absolute Gasteiger partial charge is 0.0780 e. The van der Waals surface area contributed by atoms with E-state index in [1.165, 1.54) is 90.1 Å². The fourth-order valence-corrected chi connectivity index (χ4v) is 4.31. The predicted molar refractivity (Wildman–Crippen MR) is 108 cm³/mol. The molecule has 0 aromatic rings. The number of hydrogen-bond acceptors (Lipinski definition) is 0. The van der Waals surface area contributed by atoms with E-state index in [0.29, 0.717) is 0 Å². The van der Waals surface area contributed by atoms with Crippen LogP contribution in [-0.2, 0) is 17.1 Å². The molecule has 0 radical (unpaired) electrons. The molecule has 2 fully saturated rings. The maximum absolute atomic E-state index is 2.29. The Hall–Kier alpha value is 1.02. The van der Waals surface area contributed by atoms with Crippen LogP contribution >= 0.6 is 0 Å². The monoisotopic (exact) mass is 466 g/mol. The molecule has 2 nitrogen and oxygen atoms in total. The van der Waals surface area contributed by atoms with Gasteiger partial charge in [-0.2, -0.15) is 0 Å². The third kappa shape index (κ3) is 20.1. The van der Waals surface area contributed by atoms with Gasteiger partial charge in [0.2, 0.25) is 0 Å². The van der Waals surface area contributed by atoms with E-state index in [0.717, 1.165) is 20.8 Å². The average Bonchev–Trinajstić information content (AvgIpc) is 3.09. The molecule has 0 aromatic carbocycles. The molecule has 2 rings (SSSR count). The van der Waals surface area contributed by atoms with Gasteiger partial charge in [0.25, 0.3) is 0 Å². The van der Waals surface area contributed by atoms with Gasteiger partial charge in [-0.3, -0.25) is 0 Å². The molecular weight excluding hydrogens is 419 g/mol. The van der Waals surface area contributed by atoms with Crippen LogP contribution in [-0.4, -0.2) is 64.3 Å². The summed E-state index contributed by atoms with van der Waals surface area (Å²) in [5.41, 5.74) is 0. The summed E-state index contributed by atoms with van der Waals surface area (Å²) >= 11 is 0. The zero-order valence-corrected chi connectivity index (χ0v) is 21.7.